The molecule has 0 saturated carbocycles. The van der Waals surface area contributed by atoms with Crippen LogP contribution in [-0.4, -0.2) is 25.4 Å². The summed E-state index contributed by atoms with van der Waals surface area (Å²) in [6.45, 7) is 0.268. The number of rotatable bonds is 4. The number of allylic oxidation sites excluding steroid dienone is 4. The van der Waals surface area contributed by atoms with Crippen LogP contribution in [0, 0.1) is 0 Å². The minimum atomic E-state index is -5.31. The number of hydrogen-bond donors (Lipinski definition) is 0. The highest BCUT2D eigenvalue weighted by Crippen LogP contribution is 2.46. The molecule has 0 aliphatic heterocycles. The predicted molar refractivity (Wildman–Crippen MR) is 94.7 cm³/mol. The van der Waals surface area contributed by atoms with Crippen LogP contribution in [0.25, 0.3) is 0 Å². The summed E-state index contributed by atoms with van der Waals surface area (Å²) in [4.78, 5) is 0. The van der Waals surface area contributed by atoms with Crippen LogP contribution in [0.15, 0.2) is 41.5 Å². The van der Waals surface area contributed by atoms with Gasteiger partial charge in [-0.05, 0) is 31.8 Å². The fourth-order valence-electron chi connectivity index (χ4n) is 3.36. The second-order valence-corrected chi connectivity index (χ2v) is 7.56. The average molecular weight is 498 g/mol. The zero-order valence-electron chi connectivity index (χ0n) is 16.8. The van der Waals surface area contributed by atoms with Crippen LogP contribution in [0.5, 0.6) is 0 Å². The zero-order chi connectivity index (χ0) is 25.6. The molecule has 33 heavy (non-hydrogen) atoms. The van der Waals surface area contributed by atoms with Crippen molar-refractivity contribution >= 4 is 12.4 Å². The first-order valence-corrected chi connectivity index (χ1v) is 9.21. The van der Waals surface area contributed by atoms with Crippen LogP contribution in [0.1, 0.15) is 31.4 Å². The highest BCUT2D eigenvalue weighted by Gasteiger charge is 2.50. The second kappa shape index (κ2) is 8.92. The summed E-state index contributed by atoms with van der Waals surface area (Å²) in [5.74, 6) is -2.25. The standard InChI is InChI=1S/C19H15BF12O/c1-9(2)33-20(13-6-11(17(24,25)26)5-12(7-13)18(27,28)29)15-8-10(16(21,22)23)3-4-14(15)19(30,31)32/h3-7,9,15H,8H2,1-2H3. The lowest BCUT2D eigenvalue weighted by Crippen LogP contribution is -2.45. The smallest absolute Gasteiger partial charge is 0.416 e. The van der Waals surface area contributed by atoms with E-state index < -0.39 is 77.7 Å². The summed E-state index contributed by atoms with van der Waals surface area (Å²) in [5, 5.41) is 0. The maximum Gasteiger partial charge on any atom is 0.416 e. The van der Waals surface area contributed by atoms with Gasteiger partial charge in [0.1, 0.15) is 0 Å². The second-order valence-electron chi connectivity index (χ2n) is 7.56. The summed E-state index contributed by atoms with van der Waals surface area (Å²) in [7, 11) is 0. The van der Waals surface area contributed by atoms with Gasteiger partial charge in [-0.1, -0.05) is 24.3 Å². The SMILES string of the molecule is CC(C)OB(c1cc(C(F)(F)F)cc(C(F)(F)F)c1)C1CC(C(F)(F)F)=CC=C1C(F)(F)F. The first-order chi connectivity index (χ1) is 14.7. The lowest BCUT2D eigenvalue weighted by molar-refractivity contribution is -0.143. The molecule has 0 heterocycles. The maximum atomic E-state index is 13.6. The summed E-state index contributed by atoms with van der Waals surface area (Å²) < 4.78 is 165. The molecule has 1 aromatic carbocycles. The predicted octanol–water partition coefficient (Wildman–Crippen LogP) is 7.10. The van der Waals surface area contributed by atoms with Crippen LogP contribution in [0.2, 0.25) is 5.82 Å². The van der Waals surface area contributed by atoms with Crippen molar-refractivity contribution in [3.8, 4) is 0 Å². The number of halogens is 12. The van der Waals surface area contributed by atoms with Crippen molar-refractivity contribution in [1.82, 2.24) is 0 Å². The highest BCUT2D eigenvalue weighted by atomic mass is 19.4. The molecular weight excluding hydrogens is 483 g/mol. The average Bonchev–Trinajstić information content (AvgIpc) is 2.62. The molecule has 0 fully saturated rings. The van der Waals surface area contributed by atoms with Gasteiger partial charge < -0.3 is 4.65 Å². The van der Waals surface area contributed by atoms with Gasteiger partial charge in [-0.15, -0.1) is 0 Å². The Bertz CT molecular complexity index is 886. The van der Waals surface area contributed by atoms with E-state index in [2.05, 4.69) is 0 Å². The molecule has 0 radical (unpaired) electrons. The van der Waals surface area contributed by atoms with Gasteiger partial charge in [-0.2, -0.15) is 52.7 Å². The maximum absolute atomic E-state index is 13.6. The Kier molecular flexibility index (Phi) is 7.33. The van der Waals surface area contributed by atoms with E-state index in [4.69, 9.17) is 4.65 Å². The van der Waals surface area contributed by atoms with Gasteiger partial charge in [0, 0.05) is 23.1 Å². The van der Waals surface area contributed by atoms with E-state index in [0.29, 0.717) is 0 Å². The molecule has 0 N–H and O–H groups in total. The molecule has 0 saturated heterocycles. The Balaban J connectivity index is 2.76. The molecule has 1 unspecified atom stereocenters. The van der Waals surface area contributed by atoms with Crippen LogP contribution >= 0.6 is 0 Å². The van der Waals surface area contributed by atoms with Crippen molar-refractivity contribution in [2.75, 3.05) is 0 Å². The van der Waals surface area contributed by atoms with Crippen molar-refractivity contribution in [2.24, 2.45) is 0 Å². The minimum absolute atomic E-state index is 0.117. The van der Waals surface area contributed by atoms with Gasteiger partial charge in [-0.25, -0.2) is 0 Å². The topological polar surface area (TPSA) is 9.23 Å². The molecule has 1 aliphatic rings. The molecule has 0 amide bonds. The highest BCUT2D eigenvalue weighted by molar-refractivity contribution is 6.69. The third-order valence-electron chi connectivity index (χ3n) is 4.72. The Morgan fingerprint density at radius 1 is 0.727 bits per heavy atom. The van der Waals surface area contributed by atoms with Gasteiger partial charge >= 0.3 is 31.6 Å². The van der Waals surface area contributed by atoms with Crippen molar-refractivity contribution in [2.45, 2.75) is 56.9 Å². The molecule has 1 aliphatic carbocycles. The number of benzene rings is 1. The van der Waals surface area contributed by atoms with Gasteiger partial charge in [-0.3, -0.25) is 0 Å². The first-order valence-electron chi connectivity index (χ1n) is 9.21. The summed E-state index contributed by atoms with van der Waals surface area (Å²) >= 11 is 0. The van der Waals surface area contributed by atoms with E-state index in [1.807, 2.05) is 0 Å². The quantitative estimate of drug-likeness (QED) is 0.318. The van der Waals surface area contributed by atoms with Crippen LogP contribution in [0.3, 0.4) is 0 Å². The normalized spacial score (nSPS) is 18.3. The van der Waals surface area contributed by atoms with Crippen LogP contribution in [0.4, 0.5) is 52.7 Å². The van der Waals surface area contributed by atoms with Crippen LogP contribution < -0.4 is 5.46 Å². The third-order valence-corrected chi connectivity index (χ3v) is 4.72. The van der Waals surface area contributed by atoms with Crippen molar-refractivity contribution < 1.29 is 57.3 Å². The van der Waals surface area contributed by atoms with E-state index in [1.54, 1.807) is 0 Å². The lowest BCUT2D eigenvalue weighted by atomic mass is 9.46. The van der Waals surface area contributed by atoms with E-state index >= 15 is 0 Å². The summed E-state index contributed by atoms with van der Waals surface area (Å²) in [6.07, 6.45) is -23.0. The van der Waals surface area contributed by atoms with Gasteiger partial charge in [0.2, 0.25) is 0 Å². The Morgan fingerprint density at radius 3 is 1.58 bits per heavy atom. The summed E-state index contributed by atoms with van der Waals surface area (Å²) in [5.41, 5.74) is -7.63. The zero-order valence-corrected chi connectivity index (χ0v) is 16.8. The molecule has 1 atom stereocenters. The fraction of sp³-hybridized carbons (Fsp3) is 0.474. The molecule has 1 nitrogen and oxygen atoms in total. The van der Waals surface area contributed by atoms with Gasteiger partial charge in [0.25, 0.3) is 0 Å². The molecular formula is C19H15BF12O. The molecule has 0 bridgehead atoms. The van der Waals surface area contributed by atoms with Crippen molar-refractivity contribution in [3.63, 3.8) is 0 Å². The number of hydrogen-bond acceptors (Lipinski definition) is 1. The van der Waals surface area contributed by atoms with E-state index in [9.17, 15) is 52.7 Å². The number of alkyl halides is 12. The van der Waals surface area contributed by atoms with E-state index in [1.165, 1.54) is 13.8 Å². The molecule has 14 heteroatoms. The monoisotopic (exact) mass is 498 g/mol. The largest absolute Gasteiger partial charge is 0.428 e. The van der Waals surface area contributed by atoms with Gasteiger partial charge in [0.15, 0.2) is 0 Å². The molecule has 1 aromatic rings. The van der Waals surface area contributed by atoms with Gasteiger partial charge in [0.05, 0.1) is 11.1 Å². The third kappa shape index (κ3) is 6.70. The molecule has 0 spiro atoms. The first kappa shape index (κ1) is 27.1. The van der Waals surface area contributed by atoms with Crippen molar-refractivity contribution in [1.29, 1.82) is 0 Å². The Morgan fingerprint density at radius 2 is 1.21 bits per heavy atom. The molecule has 184 valence electrons. The Labute approximate surface area is 180 Å². The molecule has 0 aromatic heterocycles. The van der Waals surface area contributed by atoms with E-state index in [-0.39, 0.29) is 30.4 Å². The van der Waals surface area contributed by atoms with E-state index in [0.717, 1.165) is 0 Å². The molecule has 2 rings (SSSR count). The van der Waals surface area contributed by atoms with Crippen LogP contribution in [-0.2, 0) is 17.0 Å². The van der Waals surface area contributed by atoms with Crippen molar-refractivity contribution in [3.05, 3.63) is 52.6 Å². The summed E-state index contributed by atoms with van der Waals surface area (Å²) in [6, 6.07) is 0.0715. The minimum Gasteiger partial charge on any atom is -0.428 e. The lowest BCUT2D eigenvalue weighted by Gasteiger charge is -2.33. The Hall–Kier alpha value is -2.12. The fourth-order valence-corrected chi connectivity index (χ4v) is 3.36.